The molecule has 2 aromatic carbocycles. The summed E-state index contributed by atoms with van der Waals surface area (Å²) in [5.41, 5.74) is 0.853. The molecular weight excluding hydrogens is 375 g/mol. The van der Waals surface area contributed by atoms with Gasteiger partial charge in [0.05, 0.1) is 5.56 Å². The van der Waals surface area contributed by atoms with Gasteiger partial charge in [0.15, 0.2) is 0 Å². The lowest BCUT2D eigenvalue weighted by atomic mass is 10.1. The molecule has 0 radical (unpaired) electrons. The fourth-order valence-electron chi connectivity index (χ4n) is 1.82. The topological polar surface area (TPSA) is 20.3 Å². The molecule has 2 rings (SSSR count). The zero-order valence-electron chi connectivity index (χ0n) is 10.7. The summed E-state index contributed by atoms with van der Waals surface area (Å²) in [6, 6.07) is 10.5. The third-order valence-corrected chi connectivity index (χ3v) is 3.81. The SMILES string of the molecule is CN(Cc1ccc(F)cc1F)C(=O)c1ccccc1I. The van der Waals surface area contributed by atoms with Crippen molar-refractivity contribution >= 4 is 28.5 Å². The van der Waals surface area contributed by atoms with E-state index in [0.717, 1.165) is 9.64 Å². The van der Waals surface area contributed by atoms with Gasteiger partial charge in [-0.2, -0.15) is 0 Å². The van der Waals surface area contributed by atoms with E-state index in [0.29, 0.717) is 5.56 Å². The number of halogens is 3. The molecule has 2 aromatic rings. The highest BCUT2D eigenvalue weighted by atomic mass is 127. The molecule has 0 aliphatic rings. The van der Waals surface area contributed by atoms with E-state index >= 15 is 0 Å². The van der Waals surface area contributed by atoms with Gasteiger partial charge in [-0.15, -0.1) is 0 Å². The second-order valence-corrected chi connectivity index (χ2v) is 5.54. The predicted octanol–water partition coefficient (Wildman–Crippen LogP) is 3.84. The number of rotatable bonds is 3. The standard InChI is InChI=1S/C15H12F2INO/c1-19(9-10-6-7-11(16)8-13(10)17)15(20)12-4-2-3-5-14(12)18/h2-8H,9H2,1H3. The summed E-state index contributed by atoms with van der Waals surface area (Å²) >= 11 is 2.08. The zero-order chi connectivity index (χ0) is 14.7. The monoisotopic (exact) mass is 387 g/mol. The number of carbonyl (C=O) groups is 1. The summed E-state index contributed by atoms with van der Waals surface area (Å²) in [5, 5.41) is 0. The second kappa shape index (κ2) is 6.30. The van der Waals surface area contributed by atoms with Crippen molar-refractivity contribution in [3.63, 3.8) is 0 Å². The minimum absolute atomic E-state index is 0.0932. The minimum Gasteiger partial charge on any atom is -0.337 e. The van der Waals surface area contributed by atoms with Crippen LogP contribution in [-0.4, -0.2) is 17.9 Å². The Bertz CT molecular complexity index is 646. The molecule has 104 valence electrons. The lowest BCUT2D eigenvalue weighted by Gasteiger charge is -2.18. The first-order chi connectivity index (χ1) is 9.49. The zero-order valence-corrected chi connectivity index (χ0v) is 12.9. The van der Waals surface area contributed by atoms with Crippen molar-refractivity contribution in [3.8, 4) is 0 Å². The van der Waals surface area contributed by atoms with Gasteiger partial charge in [0.25, 0.3) is 5.91 Å². The quantitative estimate of drug-likeness (QED) is 0.733. The summed E-state index contributed by atoms with van der Waals surface area (Å²) in [6.07, 6.45) is 0. The molecule has 0 spiro atoms. The highest BCUT2D eigenvalue weighted by Crippen LogP contribution is 2.16. The van der Waals surface area contributed by atoms with Gasteiger partial charge in [0, 0.05) is 28.8 Å². The number of benzene rings is 2. The van der Waals surface area contributed by atoms with E-state index in [9.17, 15) is 13.6 Å². The highest BCUT2D eigenvalue weighted by molar-refractivity contribution is 14.1. The first-order valence-corrected chi connectivity index (χ1v) is 7.01. The molecule has 0 unspecified atom stereocenters. The fourth-order valence-corrected chi connectivity index (χ4v) is 2.44. The Morgan fingerprint density at radius 3 is 2.55 bits per heavy atom. The van der Waals surface area contributed by atoms with Crippen molar-refractivity contribution in [2.45, 2.75) is 6.54 Å². The number of hydrogen-bond donors (Lipinski definition) is 0. The van der Waals surface area contributed by atoms with E-state index in [1.54, 1.807) is 19.2 Å². The Balaban J connectivity index is 2.18. The molecule has 20 heavy (non-hydrogen) atoms. The molecule has 0 atom stereocenters. The van der Waals surface area contributed by atoms with E-state index in [1.807, 2.05) is 12.1 Å². The van der Waals surface area contributed by atoms with Crippen molar-refractivity contribution in [2.24, 2.45) is 0 Å². The molecule has 0 saturated carbocycles. The van der Waals surface area contributed by atoms with Crippen LogP contribution in [0, 0.1) is 15.2 Å². The highest BCUT2D eigenvalue weighted by Gasteiger charge is 2.16. The van der Waals surface area contributed by atoms with E-state index in [-0.39, 0.29) is 18.0 Å². The molecule has 0 aromatic heterocycles. The van der Waals surface area contributed by atoms with Gasteiger partial charge < -0.3 is 4.90 Å². The normalized spacial score (nSPS) is 10.4. The summed E-state index contributed by atoms with van der Waals surface area (Å²) in [6.45, 7) is 0.0932. The van der Waals surface area contributed by atoms with E-state index < -0.39 is 11.6 Å². The van der Waals surface area contributed by atoms with Crippen LogP contribution in [0.3, 0.4) is 0 Å². The van der Waals surface area contributed by atoms with Gasteiger partial charge in [0.1, 0.15) is 11.6 Å². The van der Waals surface area contributed by atoms with Crippen LogP contribution in [0.4, 0.5) is 8.78 Å². The van der Waals surface area contributed by atoms with Gasteiger partial charge >= 0.3 is 0 Å². The van der Waals surface area contributed by atoms with Gasteiger partial charge in [-0.3, -0.25) is 4.79 Å². The van der Waals surface area contributed by atoms with E-state index in [2.05, 4.69) is 22.6 Å². The fraction of sp³-hybridized carbons (Fsp3) is 0.133. The van der Waals surface area contributed by atoms with Crippen molar-refractivity contribution in [1.82, 2.24) is 4.90 Å². The molecule has 5 heteroatoms. The predicted molar refractivity (Wildman–Crippen MR) is 81.3 cm³/mol. The maximum Gasteiger partial charge on any atom is 0.254 e. The summed E-state index contributed by atoms with van der Waals surface area (Å²) in [7, 11) is 1.59. The average Bonchev–Trinajstić information content (AvgIpc) is 2.41. The van der Waals surface area contributed by atoms with Crippen molar-refractivity contribution < 1.29 is 13.6 Å². The molecule has 1 amide bonds. The Morgan fingerprint density at radius 2 is 1.90 bits per heavy atom. The van der Waals surface area contributed by atoms with Crippen molar-refractivity contribution in [3.05, 3.63) is 68.8 Å². The van der Waals surface area contributed by atoms with Gasteiger partial charge in [-0.1, -0.05) is 18.2 Å². The molecular formula is C15H12F2INO. The third kappa shape index (κ3) is 3.33. The molecule has 0 bridgehead atoms. The molecule has 0 heterocycles. The third-order valence-electron chi connectivity index (χ3n) is 2.87. The number of carbonyl (C=O) groups excluding carboxylic acids is 1. The molecule has 0 aliphatic carbocycles. The van der Waals surface area contributed by atoms with Crippen LogP contribution in [0.25, 0.3) is 0 Å². The molecule has 0 N–H and O–H groups in total. The van der Waals surface area contributed by atoms with E-state index in [4.69, 9.17) is 0 Å². The van der Waals surface area contributed by atoms with Crippen LogP contribution in [0.2, 0.25) is 0 Å². The van der Waals surface area contributed by atoms with Gasteiger partial charge in [0.2, 0.25) is 0 Å². The largest absolute Gasteiger partial charge is 0.337 e. The van der Waals surface area contributed by atoms with Crippen molar-refractivity contribution in [2.75, 3.05) is 7.05 Å². The summed E-state index contributed by atoms with van der Waals surface area (Å²) in [4.78, 5) is 13.7. The Kier molecular flexibility index (Phi) is 4.69. The average molecular weight is 387 g/mol. The Hall–Kier alpha value is -1.50. The Morgan fingerprint density at radius 1 is 1.20 bits per heavy atom. The van der Waals surface area contributed by atoms with Crippen LogP contribution in [-0.2, 0) is 6.54 Å². The molecule has 2 nitrogen and oxygen atoms in total. The first-order valence-electron chi connectivity index (χ1n) is 5.93. The molecule has 0 aliphatic heterocycles. The second-order valence-electron chi connectivity index (χ2n) is 4.38. The lowest BCUT2D eigenvalue weighted by molar-refractivity contribution is 0.0783. The van der Waals surface area contributed by atoms with Crippen LogP contribution < -0.4 is 0 Å². The maximum atomic E-state index is 13.6. The number of nitrogens with zero attached hydrogens (tertiary/aromatic N) is 1. The summed E-state index contributed by atoms with van der Waals surface area (Å²) < 4.78 is 27.3. The molecule has 0 saturated heterocycles. The van der Waals surface area contributed by atoms with Gasteiger partial charge in [-0.25, -0.2) is 8.78 Å². The molecule has 0 fully saturated rings. The number of hydrogen-bond acceptors (Lipinski definition) is 1. The maximum absolute atomic E-state index is 13.6. The van der Waals surface area contributed by atoms with E-state index in [1.165, 1.54) is 17.0 Å². The Labute approximate surface area is 129 Å². The van der Waals surface area contributed by atoms with Crippen LogP contribution in [0.1, 0.15) is 15.9 Å². The number of amides is 1. The smallest absolute Gasteiger partial charge is 0.254 e. The summed E-state index contributed by atoms with van der Waals surface area (Å²) in [5.74, 6) is -1.47. The minimum atomic E-state index is -0.646. The van der Waals surface area contributed by atoms with Crippen LogP contribution in [0.15, 0.2) is 42.5 Å². The lowest BCUT2D eigenvalue weighted by Crippen LogP contribution is -2.27. The van der Waals surface area contributed by atoms with Gasteiger partial charge in [-0.05, 0) is 40.8 Å². The van der Waals surface area contributed by atoms with Crippen molar-refractivity contribution in [1.29, 1.82) is 0 Å². The van der Waals surface area contributed by atoms with Crippen LogP contribution >= 0.6 is 22.6 Å². The van der Waals surface area contributed by atoms with Crippen LogP contribution in [0.5, 0.6) is 0 Å². The first kappa shape index (κ1) is 14.9.